The Bertz CT molecular complexity index is 879. The standard InChI is InChI=1S/C18H17N3O6/c1-11(22)19-14-7-5-12(6-8-14)18(25)20-16(10-17(23)24)13-3-2-4-15(9-13)21(26)27/h2-9,16H,10H2,1H3,(H,19,22)(H,20,25)(H,23,24). The molecule has 0 aliphatic carbocycles. The number of nitrogens with one attached hydrogen (secondary N) is 2. The number of non-ortho nitro benzene ring substituents is 1. The van der Waals surface area contributed by atoms with Gasteiger partial charge in [0.05, 0.1) is 17.4 Å². The maximum absolute atomic E-state index is 12.4. The highest BCUT2D eigenvalue weighted by Crippen LogP contribution is 2.22. The minimum Gasteiger partial charge on any atom is -0.481 e. The van der Waals surface area contributed by atoms with E-state index in [1.807, 2.05) is 0 Å². The van der Waals surface area contributed by atoms with E-state index >= 15 is 0 Å². The van der Waals surface area contributed by atoms with Gasteiger partial charge in [0.25, 0.3) is 11.6 Å². The molecule has 0 aliphatic rings. The Morgan fingerprint density at radius 1 is 1.15 bits per heavy atom. The summed E-state index contributed by atoms with van der Waals surface area (Å²) in [6.07, 6.45) is -0.434. The van der Waals surface area contributed by atoms with Gasteiger partial charge in [-0.3, -0.25) is 24.5 Å². The van der Waals surface area contributed by atoms with Crippen molar-refractivity contribution in [1.29, 1.82) is 0 Å². The van der Waals surface area contributed by atoms with Crippen LogP contribution in [0.3, 0.4) is 0 Å². The van der Waals surface area contributed by atoms with Crippen molar-refractivity contribution >= 4 is 29.2 Å². The Morgan fingerprint density at radius 3 is 2.37 bits per heavy atom. The van der Waals surface area contributed by atoms with Crippen LogP contribution in [0.4, 0.5) is 11.4 Å². The van der Waals surface area contributed by atoms with Crippen LogP contribution >= 0.6 is 0 Å². The summed E-state index contributed by atoms with van der Waals surface area (Å²) in [6.45, 7) is 1.36. The summed E-state index contributed by atoms with van der Waals surface area (Å²) in [5.41, 5.74) is 0.886. The molecule has 0 fully saturated rings. The molecule has 0 heterocycles. The van der Waals surface area contributed by atoms with Gasteiger partial charge in [-0.15, -0.1) is 0 Å². The van der Waals surface area contributed by atoms with E-state index in [2.05, 4.69) is 10.6 Å². The summed E-state index contributed by atoms with van der Waals surface area (Å²) in [6, 6.07) is 10.5. The quantitative estimate of drug-likeness (QED) is 0.505. The topological polar surface area (TPSA) is 139 Å². The highest BCUT2D eigenvalue weighted by atomic mass is 16.6. The zero-order valence-corrected chi connectivity index (χ0v) is 14.3. The molecule has 0 saturated heterocycles. The first-order chi connectivity index (χ1) is 12.8. The van der Waals surface area contributed by atoms with E-state index < -0.39 is 29.3 Å². The first kappa shape index (κ1) is 19.6. The van der Waals surface area contributed by atoms with Gasteiger partial charge in [0.1, 0.15) is 0 Å². The lowest BCUT2D eigenvalue weighted by Gasteiger charge is -2.17. The highest BCUT2D eigenvalue weighted by molar-refractivity contribution is 5.96. The molecule has 140 valence electrons. The third-order valence-corrected chi connectivity index (χ3v) is 3.63. The third kappa shape index (κ3) is 5.63. The number of aliphatic carboxylic acids is 1. The molecule has 2 aromatic carbocycles. The second kappa shape index (κ2) is 8.56. The minimum absolute atomic E-state index is 0.197. The number of nitrogens with zero attached hydrogens (tertiary/aromatic N) is 1. The average molecular weight is 371 g/mol. The fourth-order valence-electron chi connectivity index (χ4n) is 2.43. The molecule has 0 bridgehead atoms. The van der Waals surface area contributed by atoms with Crippen molar-refractivity contribution in [3.63, 3.8) is 0 Å². The van der Waals surface area contributed by atoms with Gasteiger partial charge in [-0.1, -0.05) is 12.1 Å². The zero-order chi connectivity index (χ0) is 20.0. The van der Waals surface area contributed by atoms with Crippen LogP contribution < -0.4 is 10.6 Å². The number of carboxylic acid groups (broad SMARTS) is 1. The Morgan fingerprint density at radius 2 is 1.81 bits per heavy atom. The van der Waals surface area contributed by atoms with Gasteiger partial charge in [0, 0.05) is 30.3 Å². The number of nitro groups is 1. The minimum atomic E-state index is -1.16. The number of hydrogen-bond acceptors (Lipinski definition) is 5. The number of rotatable bonds is 7. The summed E-state index contributed by atoms with van der Waals surface area (Å²) >= 11 is 0. The second-order valence-corrected chi connectivity index (χ2v) is 5.73. The Kier molecular flexibility index (Phi) is 6.21. The van der Waals surface area contributed by atoms with Crippen LogP contribution in [-0.4, -0.2) is 27.8 Å². The van der Waals surface area contributed by atoms with E-state index in [1.54, 1.807) is 0 Å². The van der Waals surface area contributed by atoms with Crippen LogP contribution in [0.2, 0.25) is 0 Å². The normalized spacial score (nSPS) is 11.3. The van der Waals surface area contributed by atoms with Crippen LogP contribution in [0.1, 0.15) is 35.3 Å². The summed E-state index contributed by atoms with van der Waals surface area (Å²) < 4.78 is 0. The molecule has 0 saturated carbocycles. The predicted octanol–water partition coefficient (Wildman–Crippen LogP) is 2.50. The number of nitro benzene ring substituents is 1. The molecule has 2 aromatic rings. The highest BCUT2D eigenvalue weighted by Gasteiger charge is 2.21. The van der Waals surface area contributed by atoms with Crippen molar-refractivity contribution in [2.24, 2.45) is 0 Å². The smallest absolute Gasteiger partial charge is 0.305 e. The Hall–Kier alpha value is -3.75. The average Bonchev–Trinajstić information content (AvgIpc) is 2.61. The molecule has 9 nitrogen and oxygen atoms in total. The van der Waals surface area contributed by atoms with Gasteiger partial charge < -0.3 is 15.7 Å². The van der Waals surface area contributed by atoms with Crippen LogP contribution in [0.15, 0.2) is 48.5 Å². The maximum atomic E-state index is 12.4. The monoisotopic (exact) mass is 371 g/mol. The summed E-state index contributed by atoms with van der Waals surface area (Å²) in [5.74, 6) is -1.95. The number of carbonyl (C=O) groups is 3. The molecule has 0 aliphatic heterocycles. The first-order valence-electron chi connectivity index (χ1n) is 7.91. The number of anilines is 1. The molecule has 27 heavy (non-hydrogen) atoms. The van der Waals surface area contributed by atoms with Crippen LogP contribution in [0, 0.1) is 10.1 Å². The van der Waals surface area contributed by atoms with E-state index in [1.165, 1.54) is 55.5 Å². The summed E-state index contributed by atoms with van der Waals surface area (Å²) in [7, 11) is 0. The van der Waals surface area contributed by atoms with E-state index in [0.717, 1.165) is 0 Å². The number of benzene rings is 2. The summed E-state index contributed by atoms with van der Waals surface area (Å²) in [4.78, 5) is 44.9. The van der Waals surface area contributed by atoms with Gasteiger partial charge in [0.15, 0.2) is 0 Å². The largest absolute Gasteiger partial charge is 0.481 e. The van der Waals surface area contributed by atoms with Gasteiger partial charge in [-0.25, -0.2) is 0 Å². The van der Waals surface area contributed by atoms with Crippen LogP contribution in [0.5, 0.6) is 0 Å². The van der Waals surface area contributed by atoms with Gasteiger partial charge in [-0.05, 0) is 29.8 Å². The molecular formula is C18H17N3O6. The van der Waals surface area contributed by atoms with Crippen molar-refractivity contribution in [3.8, 4) is 0 Å². The summed E-state index contributed by atoms with van der Waals surface area (Å²) in [5, 5.41) is 25.2. The lowest BCUT2D eigenvalue weighted by Crippen LogP contribution is -2.30. The van der Waals surface area contributed by atoms with Crippen molar-refractivity contribution in [1.82, 2.24) is 5.32 Å². The number of amides is 2. The molecule has 1 atom stereocenters. The predicted molar refractivity (Wildman–Crippen MR) is 96.3 cm³/mol. The van der Waals surface area contributed by atoms with Gasteiger partial charge in [0.2, 0.25) is 5.91 Å². The van der Waals surface area contributed by atoms with E-state index in [4.69, 9.17) is 5.11 Å². The molecule has 0 spiro atoms. The lowest BCUT2D eigenvalue weighted by molar-refractivity contribution is -0.384. The number of carbonyl (C=O) groups excluding carboxylic acids is 2. The molecule has 3 N–H and O–H groups in total. The van der Waals surface area contributed by atoms with Gasteiger partial charge >= 0.3 is 5.97 Å². The van der Waals surface area contributed by atoms with Crippen LogP contribution in [-0.2, 0) is 9.59 Å². The molecule has 0 radical (unpaired) electrons. The maximum Gasteiger partial charge on any atom is 0.305 e. The van der Waals surface area contributed by atoms with Crippen molar-refractivity contribution in [2.75, 3.05) is 5.32 Å². The van der Waals surface area contributed by atoms with Gasteiger partial charge in [-0.2, -0.15) is 0 Å². The zero-order valence-electron chi connectivity index (χ0n) is 14.3. The number of carboxylic acids is 1. The third-order valence-electron chi connectivity index (χ3n) is 3.63. The molecule has 1 unspecified atom stereocenters. The van der Waals surface area contributed by atoms with Crippen molar-refractivity contribution in [3.05, 3.63) is 69.8 Å². The Balaban J connectivity index is 2.21. The fourth-order valence-corrected chi connectivity index (χ4v) is 2.43. The molecule has 2 amide bonds. The molecular weight excluding hydrogens is 354 g/mol. The van der Waals surface area contributed by atoms with E-state index in [0.29, 0.717) is 11.3 Å². The molecule has 9 heteroatoms. The fraction of sp³-hybridized carbons (Fsp3) is 0.167. The second-order valence-electron chi connectivity index (χ2n) is 5.73. The van der Waals surface area contributed by atoms with E-state index in [9.17, 15) is 24.5 Å². The SMILES string of the molecule is CC(=O)Nc1ccc(C(=O)NC(CC(=O)O)c2cccc([N+](=O)[O-])c2)cc1. The van der Waals surface area contributed by atoms with E-state index in [-0.39, 0.29) is 17.2 Å². The van der Waals surface area contributed by atoms with Crippen molar-refractivity contribution in [2.45, 2.75) is 19.4 Å². The lowest BCUT2D eigenvalue weighted by atomic mass is 10.0. The first-order valence-corrected chi connectivity index (χ1v) is 7.91. The molecule has 2 rings (SSSR count). The van der Waals surface area contributed by atoms with Crippen molar-refractivity contribution < 1.29 is 24.4 Å². The molecule has 0 aromatic heterocycles. The van der Waals surface area contributed by atoms with Crippen LogP contribution in [0.25, 0.3) is 0 Å². The Labute approximate surface area is 154 Å². The number of hydrogen-bond donors (Lipinski definition) is 3.